The molecule has 1 aliphatic heterocycles. The molecule has 0 amide bonds. The monoisotopic (exact) mass is 203 g/mol. The van der Waals surface area contributed by atoms with Gasteiger partial charge in [0.2, 0.25) is 0 Å². The third kappa shape index (κ3) is 2.94. The van der Waals surface area contributed by atoms with Crippen LogP contribution < -0.4 is 0 Å². The van der Waals surface area contributed by atoms with Gasteiger partial charge in [-0.25, -0.2) is 4.79 Å². The number of hydrogen-bond donors (Lipinski definition) is 0. The highest BCUT2D eigenvalue weighted by atomic mass is 16.5. The van der Waals surface area contributed by atoms with Gasteiger partial charge in [0.1, 0.15) is 6.10 Å². The summed E-state index contributed by atoms with van der Waals surface area (Å²) >= 11 is 0. The average molecular weight is 203 g/mol. The average Bonchev–Trinajstić information content (AvgIpc) is 2.42. The van der Waals surface area contributed by atoms with E-state index in [0.717, 1.165) is 5.56 Å². The molecule has 2 unspecified atom stereocenters. The zero-order chi connectivity index (χ0) is 11.4. The first-order valence-electron chi connectivity index (χ1n) is 5.67. The molecule has 2 atom stereocenters. The van der Waals surface area contributed by atoms with Crippen LogP contribution in [0.15, 0.2) is 42.5 Å². The van der Waals surface area contributed by atoms with Gasteiger partial charge in [-0.3, -0.25) is 0 Å². The van der Waals surface area contributed by atoms with Gasteiger partial charge in [-0.1, -0.05) is 36.4 Å². The Hall–Kier alpha value is -1.57. The highest BCUT2D eigenvalue weighted by molar-refractivity contribution is 5.82. The van der Waals surface area contributed by atoms with Gasteiger partial charge in [-0.15, -0.1) is 0 Å². The molecule has 2 rings (SSSR count). The van der Waals surface area contributed by atoms with Gasteiger partial charge in [0, 0.05) is 13.9 Å². The Kier molecular flexibility index (Phi) is 2.78. The maximum Gasteiger partial charge on any atom is 0.330 e. The molecule has 1 heterocycles. The summed E-state index contributed by atoms with van der Waals surface area (Å²) in [5.74, 6) is -0.337. The van der Waals surface area contributed by atoms with Crippen molar-refractivity contribution in [2.75, 3.05) is 0 Å². The van der Waals surface area contributed by atoms with Crippen molar-refractivity contribution in [3.8, 4) is 0 Å². The zero-order valence-electron chi connectivity index (χ0n) is 9.43. The summed E-state index contributed by atoms with van der Waals surface area (Å²) in [6, 6.07) is 9.89. The van der Waals surface area contributed by atoms with Crippen molar-refractivity contribution in [1.29, 1.82) is 0 Å². The molecule has 0 saturated heterocycles. The molecule has 1 aliphatic rings. The standard InChI is InChI=1S/C13H14O2/c14-13-9-5-4-8-12(15-13)10-11-6-2-1-3-7-11/h1-3,5-7,9,12H,4,8,10H2/i4D. The molecule has 0 aromatic heterocycles. The minimum Gasteiger partial charge on any atom is -0.459 e. The minimum atomic E-state index is -0.347. The molecular formula is C13H14O2. The molecule has 0 saturated carbocycles. The summed E-state index contributed by atoms with van der Waals surface area (Å²) in [5, 5.41) is 0. The normalized spacial score (nSPS) is 26.7. The van der Waals surface area contributed by atoms with Gasteiger partial charge < -0.3 is 4.74 Å². The molecule has 1 aromatic rings. The second-order valence-electron chi connectivity index (χ2n) is 3.58. The molecule has 78 valence electrons. The summed E-state index contributed by atoms with van der Waals surface area (Å²) < 4.78 is 12.9. The predicted molar refractivity (Wildman–Crippen MR) is 58.4 cm³/mol. The summed E-state index contributed by atoms with van der Waals surface area (Å²) in [6.07, 6.45) is 3.66. The number of hydrogen-bond acceptors (Lipinski definition) is 2. The van der Waals surface area contributed by atoms with E-state index in [0.29, 0.717) is 12.8 Å². The van der Waals surface area contributed by atoms with Gasteiger partial charge in [-0.05, 0) is 18.4 Å². The summed E-state index contributed by atoms with van der Waals surface area (Å²) in [7, 11) is 0. The Labute approximate surface area is 91.0 Å². The van der Waals surface area contributed by atoms with E-state index in [1.54, 1.807) is 6.08 Å². The van der Waals surface area contributed by atoms with E-state index in [-0.39, 0.29) is 18.5 Å². The zero-order valence-corrected chi connectivity index (χ0v) is 8.43. The van der Waals surface area contributed by atoms with Crippen molar-refractivity contribution < 1.29 is 10.9 Å². The highest BCUT2D eigenvalue weighted by Crippen LogP contribution is 2.14. The lowest BCUT2D eigenvalue weighted by Gasteiger charge is -2.14. The SMILES string of the molecule is [2H]C1C=CC(=O)OC(Cc2ccccc2)C1. The van der Waals surface area contributed by atoms with Crippen LogP contribution in [0.4, 0.5) is 0 Å². The topological polar surface area (TPSA) is 26.3 Å². The van der Waals surface area contributed by atoms with Crippen LogP contribution in [0.5, 0.6) is 0 Å². The van der Waals surface area contributed by atoms with Crippen LogP contribution in [-0.4, -0.2) is 12.1 Å². The van der Waals surface area contributed by atoms with E-state index >= 15 is 0 Å². The fourth-order valence-electron chi connectivity index (χ4n) is 1.63. The number of allylic oxidation sites excluding steroid dienone is 1. The van der Waals surface area contributed by atoms with Crippen molar-refractivity contribution in [3.63, 3.8) is 0 Å². The lowest BCUT2D eigenvalue weighted by Crippen LogP contribution is -2.17. The molecule has 0 bridgehead atoms. The number of carbonyl (C=O) groups is 1. The quantitative estimate of drug-likeness (QED) is 0.690. The number of carbonyl (C=O) groups excluding carboxylic acids is 1. The third-order valence-corrected chi connectivity index (χ3v) is 2.36. The highest BCUT2D eigenvalue weighted by Gasteiger charge is 2.15. The van der Waals surface area contributed by atoms with Crippen LogP contribution in [0.1, 0.15) is 19.8 Å². The first-order chi connectivity index (χ1) is 7.74. The van der Waals surface area contributed by atoms with E-state index in [9.17, 15) is 4.79 Å². The van der Waals surface area contributed by atoms with Gasteiger partial charge in [-0.2, -0.15) is 0 Å². The summed E-state index contributed by atoms with van der Waals surface area (Å²) in [4.78, 5) is 11.2. The molecule has 2 nitrogen and oxygen atoms in total. The molecule has 0 aliphatic carbocycles. The Balaban J connectivity index is 2.02. The Bertz CT molecular complexity index is 386. The van der Waals surface area contributed by atoms with Crippen LogP contribution in [0, 0.1) is 0 Å². The van der Waals surface area contributed by atoms with Crippen LogP contribution in [0.2, 0.25) is 0 Å². The molecule has 0 fully saturated rings. The largest absolute Gasteiger partial charge is 0.459 e. The molecule has 0 radical (unpaired) electrons. The first kappa shape index (κ1) is 8.72. The molecular weight excluding hydrogens is 188 g/mol. The van der Waals surface area contributed by atoms with Crippen molar-refractivity contribution in [2.45, 2.75) is 25.3 Å². The van der Waals surface area contributed by atoms with Crippen molar-refractivity contribution in [2.24, 2.45) is 0 Å². The van der Waals surface area contributed by atoms with Gasteiger partial charge in [0.25, 0.3) is 0 Å². The molecule has 1 aromatic carbocycles. The Morgan fingerprint density at radius 2 is 2.20 bits per heavy atom. The number of benzene rings is 1. The minimum absolute atomic E-state index is 0.188. The fourth-order valence-corrected chi connectivity index (χ4v) is 1.63. The van der Waals surface area contributed by atoms with E-state index in [2.05, 4.69) is 0 Å². The maximum atomic E-state index is 11.2. The third-order valence-electron chi connectivity index (χ3n) is 2.36. The van der Waals surface area contributed by atoms with Crippen LogP contribution in [0.3, 0.4) is 0 Å². The summed E-state index contributed by atoms with van der Waals surface area (Å²) in [6.45, 7) is 0. The van der Waals surface area contributed by atoms with Gasteiger partial charge in [0.05, 0.1) is 0 Å². The van der Waals surface area contributed by atoms with Crippen molar-refractivity contribution >= 4 is 5.97 Å². The first-order valence-corrected chi connectivity index (χ1v) is 5.09. The molecule has 0 spiro atoms. The van der Waals surface area contributed by atoms with Gasteiger partial charge >= 0.3 is 5.97 Å². The number of ether oxygens (including phenoxy) is 1. The van der Waals surface area contributed by atoms with Crippen molar-refractivity contribution in [1.82, 2.24) is 0 Å². The molecule has 2 heteroatoms. The molecule has 0 N–H and O–H groups in total. The predicted octanol–water partition coefficient (Wildman–Crippen LogP) is 2.49. The second kappa shape index (κ2) is 4.78. The lowest BCUT2D eigenvalue weighted by molar-refractivity contribution is -0.142. The smallest absolute Gasteiger partial charge is 0.330 e. The fraction of sp³-hybridized carbons (Fsp3) is 0.308. The van der Waals surface area contributed by atoms with Crippen LogP contribution >= 0.6 is 0 Å². The lowest BCUT2D eigenvalue weighted by atomic mass is 10.0. The maximum absolute atomic E-state index is 11.2. The van der Waals surface area contributed by atoms with E-state index in [4.69, 9.17) is 6.11 Å². The van der Waals surface area contributed by atoms with Crippen LogP contribution in [0.25, 0.3) is 0 Å². The summed E-state index contributed by atoms with van der Waals surface area (Å²) in [5.41, 5.74) is 1.13. The number of rotatable bonds is 2. The second-order valence-corrected chi connectivity index (χ2v) is 3.58. The van der Waals surface area contributed by atoms with Crippen LogP contribution in [-0.2, 0) is 16.0 Å². The van der Waals surface area contributed by atoms with Crippen molar-refractivity contribution in [3.05, 3.63) is 48.0 Å². The molecule has 15 heavy (non-hydrogen) atoms. The van der Waals surface area contributed by atoms with E-state index in [1.165, 1.54) is 6.08 Å². The number of esters is 1. The van der Waals surface area contributed by atoms with E-state index in [1.807, 2.05) is 30.3 Å². The Morgan fingerprint density at radius 1 is 1.40 bits per heavy atom. The van der Waals surface area contributed by atoms with Gasteiger partial charge in [0.15, 0.2) is 0 Å². The number of cyclic esters (lactones) is 1. The Morgan fingerprint density at radius 3 is 3.00 bits per heavy atom. The van der Waals surface area contributed by atoms with E-state index < -0.39 is 0 Å².